The molecule has 0 bridgehead atoms. The number of carbonyl (C=O) groups is 1. The number of anilines is 1. The van der Waals surface area contributed by atoms with Gasteiger partial charge in [-0.3, -0.25) is 4.79 Å². The maximum absolute atomic E-state index is 13.0. The zero-order valence-electron chi connectivity index (χ0n) is 15.0. The Morgan fingerprint density at radius 2 is 1.79 bits per heavy atom. The Kier molecular flexibility index (Phi) is 5.10. The van der Waals surface area contributed by atoms with Gasteiger partial charge in [-0.15, -0.1) is 0 Å². The molecule has 0 fully saturated rings. The Bertz CT molecular complexity index is 988. The molecule has 4 rings (SSSR count). The average molecular weight is 379 g/mol. The first kappa shape index (κ1) is 17.9. The molecule has 1 amide bonds. The number of carbonyl (C=O) groups excluding carboxylic acids is 1. The summed E-state index contributed by atoms with van der Waals surface area (Å²) in [7, 11) is 0. The van der Waals surface area contributed by atoms with Crippen molar-refractivity contribution in [1.29, 1.82) is 0 Å². The van der Waals surface area contributed by atoms with Crippen molar-refractivity contribution in [3.8, 4) is 23.0 Å². The van der Waals surface area contributed by atoms with E-state index in [4.69, 9.17) is 14.2 Å². The van der Waals surface area contributed by atoms with E-state index in [0.29, 0.717) is 41.5 Å². The van der Waals surface area contributed by atoms with Crippen LogP contribution in [0.2, 0.25) is 0 Å². The van der Waals surface area contributed by atoms with E-state index in [9.17, 15) is 9.18 Å². The number of aryl methyl sites for hydroxylation is 1. The molecule has 0 saturated heterocycles. The smallest absolute Gasteiger partial charge is 0.231 e. The Labute approximate surface area is 161 Å². The summed E-state index contributed by atoms with van der Waals surface area (Å²) in [5.74, 6) is 2.09. The van der Waals surface area contributed by atoms with Crippen LogP contribution >= 0.6 is 0 Å². The van der Waals surface area contributed by atoms with Gasteiger partial charge in [0.2, 0.25) is 12.7 Å². The predicted molar refractivity (Wildman–Crippen MR) is 102 cm³/mol. The van der Waals surface area contributed by atoms with Crippen molar-refractivity contribution in [3.05, 3.63) is 78.1 Å². The molecule has 0 aliphatic carbocycles. The highest BCUT2D eigenvalue weighted by molar-refractivity contribution is 5.91. The maximum atomic E-state index is 13.0. The lowest BCUT2D eigenvalue weighted by molar-refractivity contribution is -0.116. The van der Waals surface area contributed by atoms with E-state index in [2.05, 4.69) is 5.32 Å². The van der Waals surface area contributed by atoms with E-state index >= 15 is 0 Å². The summed E-state index contributed by atoms with van der Waals surface area (Å²) in [6.45, 7) is 0.197. The molecule has 5 nitrogen and oxygen atoms in total. The van der Waals surface area contributed by atoms with E-state index in [-0.39, 0.29) is 18.5 Å². The van der Waals surface area contributed by atoms with Crippen LogP contribution in [0.5, 0.6) is 23.0 Å². The van der Waals surface area contributed by atoms with Crippen LogP contribution in [-0.2, 0) is 11.2 Å². The third-order valence-corrected chi connectivity index (χ3v) is 4.24. The van der Waals surface area contributed by atoms with Gasteiger partial charge in [0.25, 0.3) is 0 Å². The lowest BCUT2D eigenvalue weighted by Crippen LogP contribution is -2.12. The SMILES string of the molecule is O=C(CCc1cccc(Oc2ccc(F)cc2)c1)Nc1ccc2c(c1)OCO2. The molecule has 6 heteroatoms. The summed E-state index contributed by atoms with van der Waals surface area (Å²) in [5, 5.41) is 2.86. The van der Waals surface area contributed by atoms with Gasteiger partial charge in [-0.05, 0) is 60.5 Å². The number of halogens is 1. The second-order valence-electron chi connectivity index (χ2n) is 6.32. The Morgan fingerprint density at radius 3 is 2.64 bits per heavy atom. The van der Waals surface area contributed by atoms with Crippen molar-refractivity contribution in [2.24, 2.45) is 0 Å². The number of fused-ring (bicyclic) bond motifs is 1. The largest absolute Gasteiger partial charge is 0.457 e. The predicted octanol–water partition coefficient (Wildman–Crippen LogP) is 4.92. The van der Waals surface area contributed by atoms with Gasteiger partial charge in [-0.2, -0.15) is 0 Å². The molecule has 0 atom stereocenters. The van der Waals surface area contributed by atoms with Crippen LogP contribution in [0.3, 0.4) is 0 Å². The molecule has 0 saturated carbocycles. The number of hydrogen-bond donors (Lipinski definition) is 1. The van der Waals surface area contributed by atoms with Crippen molar-refractivity contribution >= 4 is 11.6 Å². The summed E-state index contributed by atoms with van der Waals surface area (Å²) >= 11 is 0. The van der Waals surface area contributed by atoms with Crippen LogP contribution in [0.15, 0.2) is 66.7 Å². The molecule has 3 aromatic carbocycles. The molecule has 142 valence electrons. The van der Waals surface area contributed by atoms with Crippen molar-refractivity contribution in [2.75, 3.05) is 12.1 Å². The van der Waals surface area contributed by atoms with Gasteiger partial charge in [-0.1, -0.05) is 12.1 Å². The van der Waals surface area contributed by atoms with Crippen LogP contribution in [-0.4, -0.2) is 12.7 Å². The Hall–Kier alpha value is -3.54. The first-order chi connectivity index (χ1) is 13.7. The topological polar surface area (TPSA) is 56.8 Å². The average Bonchev–Trinajstić information content (AvgIpc) is 3.16. The normalized spacial score (nSPS) is 11.9. The van der Waals surface area contributed by atoms with E-state index in [1.54, 1.807) is 30.3 Å². The fourth-order valence-corrected chi connectivity index (χ4v) is 2.86. The van der Waals surface area contributed by atoms with Gasteiger partial charge >= 0.3 is 0 Å². The van der Waals surface area contributed by atoms with Crippen LogP contribution in [0.4, 0.5) is 10.1 Å². The van der Waals surface area contributed by atoms with E-state index in [0.717, 1.165) is 5.56 Å². The van der Waals surface area contributed by atoms with Crippen LogP contribution in [0, 0.1) is 5.82 Å². The molecule has 28 heavy (non-hydrogen) atoms. The number of nitrogens with one attached hydrogen (secondary N) is 1. The van der Waals surface area contributed by atoms with Crippen LogP contribution in [0.1, 0.15) is 12.0 Å². The summed E-state index contributed by atoms with van der Waals surface area (Å²) < 4.78 is 29.3. The maximum Gasteiger partial charge on any atom is 0.231 e. The molecular formula is C22H18FNO4. The minimum Gasteiger partial charge on any atom is -0.457 e. The highest BCUT2D eigenvalue weighted by atomic mass is 19.1. The number of rotatable bonds is 6. The van der Waals surface area contributed by atoms with Gasteiger partial charge in [0.15, 0.2) is 11.5 Å². The Morgan fingerprint density at radius 1 is 0.964 bits per heavy atom. The minimum atomic E-state index is -0.311. The van der Waals surface area contributed by atoms with Crippen molar-refractivity contribution in [3.63, 3.8) is 0 Å². The highest BCUT2D eigenvalue weighted by Crippen LogP contribution is 2.34. The molecule has 1 aliphatic rings. The summed E-state index contributed by atoms with van der Waals surface area (Å²) in [4.78, 5) is 12.2. The quantitative estimate of drug-likeness (QED) is 0.661. The van der Waals surface area contributed by atoms with Gasteiger partial charge in [0.1, 0.15) is 17.3 Å². The minimum absolute atomic E-state index is 0.0938. The molecule has 1 heterocycles. The number of ether oxygens (including phenoxy) is 3. The van der Waals surface area contributed by atoms with E-state index < -0.39 is 0 Å². The summed E-state index contributed by atoms with van der Waals surface area (Å²) in [5.41, 5.74) is 1.64. The lowest BCUT2D eigenvalue weighted by atomic mass is 10.1. The highest BCUT2D eigenvalue weighted by Gasteiger charge is 2.14. The molecule has 0 spiro atoms. The standard InChI is InChI=1S/C22H18FNO4/c23-16-5-8-18(9-6-16)28-19-3-1-2-15(12-19)4-11-22(25)24-17-7-10-20-21(13-17)27-14-26-20/h1-3,5-10,12-13H,4,11,14H2,(H,24,25). The van der Waals surface area contributed by atoms with Gasteiger partial charge < -0.3 is 19.5 Å². The van der Waals surface area contributed by atoms with Gasteiger partial charge in [-0.25, -0.2) is 4.39 Å². The molecule has 0 unspecified atom stereocenters. The molecule has 0 radical (unpaired) electrons. The first-order valence-electron chi connectivity index (χ1n) is 8.87. The van der Waals surface area contributed by atoms with Gasteiger partial charge in [0, 0.05) is 18.2 Å². The molecule has 0 aromatic heterocycles. The molecular weight excluding hydrogens is 361 g/mol. The first-order valence-corrected chi connectivity index (χ1v) is 8.87. The second kappa shape index (κ2) is 8.00. The molecule has 1 N–H and O–H groups in total. The molecule has 3 aromatic rings. The van der Waals surface area contributed by atoms with E-state index in [1.165, 1.54) is 12.1 Å². The summed E-state index contributed by atoms with van der Waals surface area (Å²) in [6, 6.07) is 18.6. The Balaban J connectivity index is 1.33. The van der Waals surface area contributed by atoms with Crippen LogP contribution < -0.4 is 19.5 Å². The van der Waals surface area contributed by atoms with Crippen molar-refractivity contribution in [2.45, 2.75) is 12.8 Å². The van der Waals surface area contributed by atoms with Gasteiger partial charge in [0.05, 0.1) is 0 Å². The lowest BCUT2D eigenvalue weighted by Gasteiger charge is -2.09. The van der Waals surface area contributed by atoms with Crippen molar-refractivity contribution in [1.82, 2.24) is 0 Å². The van der Waals surface area contributed by atoms with E-state index in [1.807, 2.05) is 24.3 Å². The third kappa shape index (κ3) is 4.40. The fraction of sp³-hybridized carbons (Fsp3) is 0.136. The van der Waals surface area contributed by atoms with Crippen LogP contribution in [0.25, 0.3) is 0 Å². The number of benzene rings is 3. The zero-order valence-corrected chi connectivity index (χ0v) is 15.0. The number of amides is 1. The molecule has 1 aliphatic heterocycles. The summed E-state index contributed by atoms with van der Waals surface area (Å²) in [6.07, 6.45) is 0.894. The zero-order chi connectivity index (χ0) is 19.3. The van der Waals surface area contributed by atoms with Crippen molar-refractivity contribution < 1.29 is 23.4 Å². The fourth-order valence-electron chi connectivity index (χ4n) is 2.86. The monoisotopic (exact) mass is 379 g/mol. The second-order valence-corrected chi connectivity index (χ2v) is 6.32. The number of hydrogen-bond acceptors (Lipinski definition) is 4. The third-order valence-electron chi connectivity index (χ3n) is 4.24.